The molecule has 0 heterocycles. The molecule has 0 bridgehead atoms. The van der Waals surface area contributed by atoms with Crippen LogP contribution in [0.1, 0.15) is 597 Å². The van der Waals surface area contributed by atoms with Gasteiger partial charge in [-0.2, -0.15) is 0 Å². The Morgan fingerprint density at radius 3 is 0.303 bits per heavy atom. The number of hydrogen-bond acceptors (Lipinski definition) is 0. The van der Waals surface area contributed by atoms with Gasteiger partial charge in [0.25, 0.3) is 0 Å². The molecule has 588 valence electrons. The summed E-state index contributed by atoms with van der Waals surface area (Å²) in [7, 11) is 0. The van der Waals surface area contributed by atoms with E-state index in [1.54, 1.807) is 0 Å². The van der Waals surface area contributed by atoms with E-state index in [9.17, 15) is 0 Å². The van der Waals surface area contributed by atoms with Crippen molar-refractivity contribution < 1.29 is 0 Å². The molecule has 0 spiro atoms. The molecular weight excluding hydrogens is 1190 g/mol. The van der Waals surface area contributed by atoms with Crippen LogP contribution in [0, 0.1) is 0 Å². The Bertz CT molecular complexity index is 1480. The fraction of sp³-hybridized carbons (Fsp3) is 0.939. The highest BCUT2D eigenvalue weighted by Gasteiger charge is 2.04. The van der Waals surface area contributed by atoms with Crippen molar-refractivity contribution in [2.24, 2.45) is 0 Å². The lowest BCUT2D eigenvalue weighted by molar-refractivity contribution is 0.505. The maximum absolute atomic E-state index is 2.32. The second-order valence-corrected chi connectivity index (χ2v) is 34.1. The van der Waals surface area contributed by atoms with Crippen molar-refractivity contribution in [3.63, 3.8) is 0 Å². The van der Waals surface area contributed by atoms with Gasteiger partial charge in [0, 0.05) is 0 Å². The Morgan fingerprint density at radius 1 is 0.111 bits per heavy atom. The molecule has 0 radical (unpaired) electrons. The van der Waals surface area contributed by atoms with Crippen molar-refractivity contribution >= 4 is 0 Å². The molecule has 0 aromatic heterocycles. The van der Waals surface area contributed by atoms with Crippen LogP contribution in [0.15, 0.2) is 30.3 Å². The highest BCUT2D eigenvalue weighted by molar-refractivity contribution is 5.14. The number of aryl methyl sites for hydroxylation is 1. The van der Waals surface area contributed by atoms with Gasteiger partial charge in [-0.1, -0.05) is 615 Å². The average molecular weight is 1380 g/mol. The van der Waals surface area contributed by atoms with E-state index in [-0.39, 0.29) is 0 Å². The third kappa shape index (κ3) is 87.8. The van der Waals surface area contributed by atoms with Crippen molar-refractivity contribution in [1.82, 2.24) is 0 Å². The summed E-state index contributed by atoms with van der Waals surface area (Å²) in [6, 6.07) is 11.0. The molecule has 1 rings (SSSR count). The van der Waals surface area contributed by atoms with Crippen LogP contribution in [0.25, 0.3) is 0 Å². The van der Waals surface area contributed by atoms with Gasteiger partial charge in [0.05, 0.1) is 0 Å². The van der Waals surface area contributed by atoms with E-state index >= 15 is 0 Å². The van der Waals surface area contributed by atoms with E-state index in [1.165, 1.54) is 596 Å². The summed E-state index contributed by atoms with van der Waals surface area (Å²) in [6.07, 6.45) is 137. The van der Waals surface area contributed by atoms with Crippen molar-refractivity contribution in [2.45, 2.75) is 598 Å². The smallest absolute Gasteiger partial charge is 0.0279 e. The molecule has 0 saturated heterocycles. The quantitative estimate of drug-likeness (QED) is 0.0570. The van der Waals surface area contributed by atoms with E-state index in [0.29, 0.717) is 0 Å². The molecule has 0 saturated carbocycles. The van der Waals surface area contributed by atoms with Gasteiger partial charge in [-0.25, -0.2) is 0 Å². The normalized spacial score (nSPS) is 11.8. The molecule has 1 aromatic carbocycles. The minimum atomic E-state index is 1.26. The standard InChI is InChI=1S/C99H192/c1-2-3-4-5-6-7-8-9-10-11-12-13-14-15-16-17-18-19-20-21-22-23-24-25-26-27-28-29-30-31-32-33-34-35-36-37-38-39-40-41-42-43-44-45-46-47-48-49-50-51-52-53-54-55-56-57-58-59-60-61-62-63-64-65-66-67-68-69-70-71-72-73-74-75-76-77-78-79-80-81-82-83-84-85-86-87-88-89-90-91-93-96-99-97-94-92-95-98-99/h92,94-95,97-98H,2-91,93,96H2,1H3. The first-order chi connectivity index (χ1) is 49.4. The van der Waals surface area contributed by atoms with E-state index in [2.05, 4.69) is 37.3 Å². The largest absolute Gasteiger partial charge is 0.0654 e. The van der Waals surface area contributed by atoms with Crippen molar-refractivity contribution in [1.29, 1.82) is 0 Å². The first kappa shape index (κ1) is 96.2. The Kier molecular flexibility index (Phi) is 88.9. The molecular formula is C99H192. The Labute approximate surface area is 629 Å². The highest BCUT2D eigenvalue weighted by Crippen LogP contribution is 2.23. The van der Waals surface area contributed by atoms with Crippen LogP contribution >= 0.6 is 0 Å². The fourth-order valence-electron chi connectivity index (χ4n) is 16.8. The monoisotopic (exact) mass is 1380 g/mol. The van der Waals surface area contributed by atoms with Crippen molar-refractivity contribution in [3.05, 3.63) is 35.9 Å². The van der Waals surface area contributed by atoms with Crippen LogP contribution < -0.4 is 0 Å². The third-order valence-electron chi connectivity index (χ3n) is 23.9. The predicted octanol–water partition coefficient (Wildman–Crippen LogP) is 37.7. The van der Waals surface area contributed by atoms with E-state index < -0.39 is 0 Å². The summed E-state index contributed by atoms with van der Waals surface area (Å²) in [5.41, 5.74) is 1.51. The van der Waals surface area contributed by atoms with Crippen LogP contribution in [-0.4, -0.2) is 0 Å². The molecule has 0 amide bonds. The zero-order valence-corrected chi connectivity index (χ0v) is 69.4. The summed E-state index contributed by atoms with van der Waals surface area (Å²) < 4.78 is 0. The van der Waals surface area contributed by atoms with Gasteiger partial charge in [-0.3, -0.25) is 0 Å². The maximum Gasteiger partial charge on any atom is -0.0279 e. The molecule has 0 nitrogen and oxygen atoms in total. The zero-order chi connectivity index (χ0) is 70.2. The van der Waals surface area contributed by atoms with Gasteiger partial charge in [0.2, 0.25) is 0 Å². The fourth-order valence-corrected chi connectivity index (χ4v) is 16.8. The van der Waals surface area contributed by atoms with Gasteiger partial charge >= 0.3 is 0 Å². The first-order valence-electron chi connectivity index (χ1n) is 48.5. The Morgan fingerprint density at radius 2 is 0.202 bits per heavy atom. The predicted molar refractivity (Wildman–Crippen MR) is 456 cm³/mol. The molecule has 1 aromatic rings. The number of rotatable bonds is 92. The van der Waals surface area contributed by atoms with Gasteiger partial charge in [-0.05, 0) is 18.4 Å². The molecule has 0 aliphatic rings. The summed E-state index contributed by atoms with van der Waals surface area (Å²) in [6.45, 7) is 2.32. The first-order valence-corrected chi connectivity index (χ1v) is 48.5. The van der Waals surface area contributed by atoms with Gasteiger partial charge in [0.1, 0.15) is 0 Å². The molecule has 0 heteroatoms. The molecule has 0 aliphatic heterocycles. The van der Waals surface area contributed by atoms with Gasteiger partial charge in [-0.15, -0.1) is 0 Å². The lowest BCUT2D eigenvalue weighted by Gasteiger charge is -2.05. The molecule has 0 unspecified atom stereocenters. The van der Waals surface area contributed by atoms with Crippen LogP contribution in [-0.2, 0) is 6.42 Å². The molecule has 0 aliphatic carbocycles. The van der Waals surface area contributed by atoms with Gasteiger partial charge < -0.3 is 0 Å². The van der Waals surface area contributed by atoms with Crippen molar-refractivity contribution in [3.8, 4) is 0 Å². The second-order valence-electron chi connectivity index (χ2n) is 34.1. The molecule has 99 heavy (non-hydrogen) atoms. The molecule has 0 N–H and O–H groups in total. The Hall–Kier alpha value is -0.780. The summed E-state index contributed by atoms with van der Waals surface area (Å²) in [5.74, 6) is 0. The second kappa shape index (κ2) is 91.4. The SMILES string of the molecule is CCCCCCCCCCCCCCCCCCCCCCCCCCCCCCCCCCCCCCCCCCCCCCCCCCCCCCCCCCCCCCCCCCCCCCCCCCCCCCCCCCCCCCCCCCCCCc1ccccc1. The average Bonchev–Trinajstić information content (AvgIpc) is 2.87. The number of hydrogen-bond donors (Lipinski definition) is 0. The number of unbranched alkanes of at least 4 members (excludes halogenated alkanes) is 90. The number of benzene rings is 1. The van der Waals surface area contributed by atoms with Crippen LogP contribution in [0.2, 0.25) is 0 Å². The summed E-state index contributed by atoms with van der Waals surface area (Å²) in [5, 5.41) is 0. The topological polar surface area (TPSA) is 0 Å². The van der Waals surface area contributed by atoms with E-state index in [4.69, 9.17) is 0 Å². The Balaban J connectivity index is 1.58. The lowest BCUT2D eigenvalue weighted by atomic mass is 10.0. The van der Waals surface area contributed by atoms with Crippen LogP contribution in [0.3, 0.4) is 0 Å². The van der Waals surface area contributed by atoms with E-state index in [0.717, 1.165) is 0 Å². The summed E-state index contributed by atoms with van der Waals surface area (Å²) in [4.78, 5) is 0. The van der Waals surface area contributed by atoms with Crippen LogP contribution in [0.5, 0.6) is 0 Å². The van der Waals surface area contributed by atoms with E-state index in [1.807, 2.05) is 0 Å². The summed E-state index contributed by atoms with van der Waals surface area (Å²) >= 11 is 0. The lowest BCUT2D eigenvalue weighted by Crippen LogP contribution is -1.86. The third-order valence-corrected chi connectivity index (χ3v) is 23.9. The van der Waals surface area contributed by atoms with Crippen LogP contribution in [0.4, 0.5) is 0 Å². The molecule has 0 atom stereocenters. The molecule has 0 fully saturated rings. The highest BCUT2D eigenvalue weighted by atomic mass is 14.1. The van der Waals surface area contributed by atoms with Crippen molar-refractivity contribution in [2.75, 3.05) is 0 Å². The minimum Gasteiger partial charge on any atom is -0.0654 e. The van der Waals surface area contributed by atoms with Gasteiger partial charge in [0.15, 0.2) is 0 Å². The minimum absolute atomic E-state index is 1.26. The maximum atomic E-state index is 2.32. The zero-order valence-electron chi connectivity index (χ0n) is 69.4.